The number of benzene rings is 1. The van der Waals surface area contributed by atoms with Crippen LogP contribution in [-0.2, 0) is 11.2 Å². The zero-order valence-electron chi connectivity index (χ0n) is 7.73. The summed E-state index contributed by atoms with van der Waals surface area (Å²) in [7, 11) is 0. The normalized spacial score (nSPS) is 31.1. The molecule has 2 unspecified atom stereocenters. The summed E-state index contributed by atoms with van der Waals surface area (Å²) in [6, 6.07) is 8.66. The van der Waals surface area contributed by atoms with Crippen LogP contribution in [0.5, 0.6) is 0 Å². The first kappa shape index (κ1) is 7.02. The van der Waals surface area contributed by atoms with Crippen LogP contribution in [0.15, 0.2) is 42.0 Å². The largest absolute Gasteiger partial charge is 0.360 e. The van der Waals surface area contributed by atoms with Crippen LogP contribution in [0, 0.1) is 0 Å². The van der Waals surface area contributed by atoms with Gasteiger partial charge < -0.3 is 4.74 Å². The smallest absolute Gasteiger partial charge is 0.110 e. The van der Waals surface area contributed by atoms with Gasteiger partial charge in [-0.1, -0.05) is 36.4 Å². The number of hydrogen-bond acceptors (Lipinski definition) is 1. The molecule has 0 N–H and O–H groups in total. The highest BCUT2D eigenvalue weighted by atomic mass is 16.6. The third-order valence-corrected chi connectivity index (χ3v) is 3.36. The Morgan fingerprint density at radius 3 is 3.14 bits per heavy atom. The number of fused-ring (bicyclic) bond motifs is 4. The number of rotatable bonds is 0. The summed E-state index contributed by atoms with van der Waals surface area (Å²) in [5.41, 5.74) is 5.78. The van der Waals surface area contributed by atoms with E-state index in [4.69, 9.17) is 4.74 Å². The third kappa shape index (κ3) is 0.740. The van der Waals surface area contributed by atoms with E-state index in [0.29, 0.717) is 12.2 Å². The number of allylic oxidation sites excluding steroid dienone is 2. The Labute approximate surface area is 82.7 Å². The van der Waals surface area contributed by atoms with Gasteiger partial charge in [-0.3, -0.25) is 0 Å². The van der Waals surface area contributed by atoms with E-state index in [1.807, 2.05) is 0 Å². The molecule has 0 aromatic heterocycles. The molecular formula is C13H10O. The molecule has 0 amide bonds. The minimum absolute atomic E-state index is 0.392. The third-order valence-electron chi connectivity index (χ3n) is 3.36. The molecule has 1 fully saturated rings. The Kier molecular flexibility index (Phi) is 1.09. The molecule has 3 aliphatic rings. The first-order valence-corrected chi connectivity index (χ1v) is 5.08. The number of ether oxygens (including phenoxy) is 1. The van der Waals surface area contributed by atoms with Crippen molar-refractivity contribution in [3.05, 3.63) is 53.1 Å². The minimum atomic E-state index is 0.392. The molecule has 1 nitrogen and oxygen atoms in total. The maximum atomic E-state index is 5.58. The van der Waals surface area contributed by atoms with Crippen molar-refractivity contribution in [2.75, 3.05) is 0 Å². The molecule has 1 heterocycles. The molecule has 1 aromatic carbocycles. The van der Waals surface area contributed by atoms with Gasteiger partial charge in [0.1, 0.15) is 12.2 Å². The van der Waals surface area contributed by atoms with Crippen LogP contribution in [0.2, 0.25) is 0 Å². The average molecular weight is 182 g/mol. The molecule has 1 aromatic rings. The predicted molar refractivity (Wildman–Crippen MR) is 54.9 cm³/mol. The molecular weight excluding hydrogens is 172 g/mol. The summed E-state index contributed by atoms with van der Waals surface area (Å²) >= 11 is 0. The first-order valence-electron chi connectivity index (χ1n) is 5.08. The zero-order chi connectivity index (χ0) is 9.12. The van der Waals surface area contributed by atoms with Crippen molar-refractivity contribution < 1.29 is 4.74 Å². The van der Waals surface area contributed by atoms with Gasteiger partial charge in [-0.15, -0.1) is 0 Å². The van der Waals surface area contributed by atoms with Gasteiger partial charge in [0.2, 0.25) is 0 Å². The Hall–Kier alpha value is -1.34. The summed E-state index contributed by atoms with van der Waals surface area (Å²) in [4.78, 5) is 0. The van der Waals surface area contributed by atoms with E-state index >= 15 is 0 Å². The molecule has 4 rings (SSSR count). The second-order valence-corrected chi connectivity index (χ2v) is 4.15. The lowest BCUT2D eigenvalue weighted by molar-refractivity contribution is 0.407. The molecule has 0 radical (unpaired) electrons. The maximum Gasteiger partial charge on any atom is 0.110 e. The lowest BCUT2D eigenvalue weighted by Crippen LogP contribution is -2.01. The Morgan fingerprint density at radius 2 is 2.14 bits per heavy atom. The van der Waals surface area contributed by atoms with E-state index in [1.165, 1.54) is 22.3 Å². The molecule has 2 atom stereocenters. The van der Waals surface area contributed by atoms with E-state index in [1.54, 1.807) is 0 Å². The van der Waals surface area contributed by atoms with Crippen molar-refractivity contribution in [3.8, 4) is 0 Å². The summed E-state index contributed by atoms with van der Waals surface area (Å²) in [5.74, 6) is 0. The fourth-order valence-corrected chi connectivity index (χ4v) is 2.60. The second kappa shape index (κ2) is 2.18. The zero-order valence-corrected chi connectivity index (χ0v) is 7.73. The van der Waals surface area contributed by atoms with Crippen LogP contribution in [0.3, 0.4) is 0 Å². The molecule has 68 valence electrons. The van der Waals surface area contributed by atoms with E-state index in [0.717, 1.165) is 6.42 Å². The van der Waals surface area contributed by atoms with Gasteiger partial charge >= 0.3 is 0 Å². The van der Waals surface area contributed by atoms with Crippen LogP contribution in [0.25, 0.3) is 5.57 Å². The lowest BCUT2D eigenvalue weighted by atomic mass is 9.98. The molecule has 1 aliphatic heterocycles. The highest BCUT2D eigenvalue weighted by Gasteiger charge is 2.44. The van der Waals surface area contributed by atoms with Gasteiger partial charge in [-0.05, 0) is 28.7 Å². The van der Waals surface area contributed by atoms with Gasteiger partial charge in [0.05, 0.1) is 0 Å². The Balaban J connectivity index is 1.94. The van der Waals surface area contributed by atoms with Crippen molar-refractivity contribution in [3.63, 3.8) is 0 Å². The highest BCUT2D eigenvalue weighted by molar-refractivity contribution is 5.85. The topological polar surface area (TPSA) is 12.5 Å². The molecule has 14 heavy (non-hydrogen) atoms. The lowest BCUT2D eigenvalue weighted by Gasteiger charge is -2.03. The quantitative estimate of drug-likeness (QED) is 0.561. The fraction of sp³-hybridized carbons (Fsp3) is 0.231. The standard InChI is InChI=1S/C13H10O/c1-2-4-9-8(3-1)7-11-10(9)5-6-12-13(11)14-12/h1-6,12-13H,7H2. The summed E-state index contributed by atoms with van der Waals surface area (Å²) in [6.45, 7) is 0. The molecule has 0 saturated carbocycles. The van der Waals surface area contributed by atoms with Crippen molar-refractivity contribution in [2.24, 2.45) is 0 Å². The molecule has 1 saturated heterocycles. The van der Waals surface area contributed by atoms with Crippen molar-refractivity contribution in [1.29, 1.82) is 0 Å². The minimum Gasteiger partial charge on any atom is -0.360 e. The van der Waals surface area contributed by atoms with Gasteiger partial charge in [0.25, 0.3) is 0 Å². The number of epoxide rings is 1. The van der Waals surface area contributed by atoms with E-state index in [2.05, 4.69) is 36.4 Å². The molecule has 2 aliphatic carbocycles. The summed E-state index contributed by atoms with van der Waals surface area (Å²) < 4.78 is 5.58. The van der Waals surface area contributed by atoms with Crippen molar-refractivity contribution in [1.82, 2.24) is 0 Å². The van der Waals surface area contributed by atoms with Gasteiger partial charge in [0.15, 0.2) is 0 Å². The van der Waals surface area contributed by atoms with Gasteiger partial charge in [0, 0.05) is 0 Å². The predicted octanol–water partition coefficient (Wildman–Crippen LogP) is 2.33. The van der Waals surface area contributed by atoms with E-state index in [-0.39, 0.29) is 0 Å². The summed E-state index contributed by atoms with van der Waals surface area (Å²) in [5, 5.41) is 0. The molecule has 0 bridgehead atoms. The second-order valence-electron chi connectivity index (χ2n) is 4.15. The SMILES string of the molecule is C1=CC2OC2C2=C1c1ccccc1C2. The Bertz CT molecular complexity index is 482. The van der Waals surface area contributed by atoms with Crippen LogP contribution in [0.4, 0.5) is 0 Å². The van der Waals surface area contributed by atoms with Crippen LogP contribution >= 0.6 is 0 Å². The fourth-order valence-electron chi connectivity index (χ4n) is 2.60. The molecule has 0 spiro atoms. The van der Waals surface area contributed by atoms with E-state index < -0.39 is 0 Å². The average Bonchev–Trinajstić information content (AvgIpc) is 2.92. The van der Waals surface area contributed by atoms with Crippen LogP contribution < -0.4 is 0 Å². The van der Waals surface area contributed by atoms with E-state index in [9.17, 15) is 0 Å². The van der Waals surface area contributed by atoms with Crippen molar-refractivity contribution in [2.45, 2.75) is 18.6 Å². The monoisotopic (exact) mass is 182 g/mol. The molecule has 1 heteroatoms. The summed E-state index contributed by atoms with van der Waals surface area (Å²) in [6.07, 6.45) is 6.31. The number of hydrogen-bond donors (Lipinski definition) is 0. The Morgan fingerprint density at radius 1 is 1.21 bits per heavy atom. The van der Waals surface area contributed by atoms with Gasteiger partial charge in [-0.25, -0.2) is 0 Å². The van der Waals surface area contributed by atoms with Crippen LogP contribution in [0.1, 0.15) is 11.1 Å². The van der Waals surface area contributed by atoms with Crippen molar-refractivity contribution >= 4 is 5.57 Å². The highest BCUT2D eigenvalue weighted by Crippen LogP contribution is 2.45. The maximum absolute atomic E-state index is 5.58. The van der Waals surface area contributed by atoms with Crippen LogP contribution in [-0.4, -0.2) is 12.2 Å². The first-order chi connectivity index (χ1) is 6.93. The van der Waals surface area contributed by atoms with Gasteiger partial charge in [-0.2, -0.15) is 0 Å².